The maximum absolute atomic E-state index is 9.63. The Balaban J connectivity index is 1.87. The molecule has 1 aliphatic heterocycles. The number of piperidine rings is 1. The largest absolute Gasteiger partial charge is 0.392 e. The molecule has 1 N–H and O–H groups in total. The summed E-state index contributed by atoms with van der Waals surface area (Å²) in [6.45, 7) is 7.32. The van der Waals surface area contributed by atoms with Gasteiger partial charge in [0.25, 0.3) is 0 Å². The van der Waals surface area contributed by atoms with Gasteiger partial charge >= 0.3 is 0 Å². The Morgan fingerprint density at radius 1 is 1.59 bits per heavy atom. The number of hydrogen-bond donors (Lipinski definition) is 1. The maximum atomic E-state index is 9.63. The van der Waals surface area contributed by atoms with E-state index in [0.29, 0.717) is 5.92 Å². The van der Waals surface area contributed by atoms with Gasteiger partial charge in [-0.2, -0.15) is 0 Å². The molecule has 1 unspecified atom stereocenters. The van der Waals surface area contributed by atoms with Crippen molar-refractivity contribution in [3.05, 3.63) is 16.1 Å². The maximum Gasteiger partial charge on any atom is 0.0930 e. The summed E-state index contributed by atoms with van der Waals surface area (Å²) in [6, 6.07) is 0. The van der Waals surface area contributed by atoms with Crippen LogP contribution in [0.25, 0.3) is 0 Å². The van der Waals surface area contributed by atoms with Gasteiger partial charge in [0, 0.05) is 30.6 Å². The molecule has 0 spiro atoms. The number of aliphatic hydroxyl groups is 1. The van der Waals surface area contributed by atoms with Crippen molar-refractivity contribution in [3.8, 4) is 0 Å². The summed E-state index contributed by atoms with van der Waals surface area (Å²) in [6.07, 6.45) is 5.01. The SMILES string of the molecule is CC(C)Cc1ncc(CN2CCCC(O)C2)s1. The molecule has 0 amide bonds. The molecule has 0 aliphatic carbocycles. The zero-order valence-corrected chi connectivity index (χ0v) is 11.5. The van der Waals surface area contributed by atoms with Gasteiger partial charge in [0.1, 0.15) is 0 Å². The smallest absolute Gasteiger partial charge is 0.0930 e. The zero-order valence-electron chi connectivity index (χ0n) is 10.7. The van der Waals surface area contributed by atoms with Crippen molar-refractivity contribution in [2.24, 2.45) is 5.92 Å². The monoisotopic (exact) mass is 254 g/mol. The highest BCUT2D eigenvalue weighted by Crippen LogP contribution is 2.20. The standard InChI is InChI=1S/C13H22N2OS/c1-10(2)6-13-14-7-12(17-13)9-15-5-3-4-11(16)8-15/h7,10-11,16H,3-6,8-9H2,1-2H3. The Hall–Kier alpha value is -0.450. The number of β-amino-alcohol motifs (C(OH)–C–C–N with tert-alkyl or cyclic N) is 1. The molecule has 1 aromatic heterocycles. The Morgan fingerprint density at radius 2 is 2.41 bits per heavy atom. The minimum atomic E-state index is -0.133. The number of rotatable bonds is 4. The summed E-state index contributed by atoms with van der Waals surface area (Å²) in [5.74, 6) is 0.672. The first-order valence-corrected chi connectivity index (χ1v) is 7.29. The lowest BCUT2D eigenvalue weighted by Crippen LogP contribution is -2.37. The van der Waals surface area contributed by atoms with Gasteiger partial charge in [-0.1, -0.05) is 13.8 Å². The van der Waals surface area contributed by atoms with Crippen molar-refractivity contribution < 1.29 is 5.11 Å². The quantitative estimate of drug-likeness (QED) is 0.895. The van der Waals surface area contributed by atoms with E-state index >= 15 is 0 Å². The summed E-state index contributed by atoms with van der Waals surface area (Å²) in [5, 5.41) is 10.9. The van der Waals surface area contributed by atoms with Crippen LogP contribution in [0.4, 0.5) is 0 Å². The first kappa shape index (κ1) is 13.0. The van der Waals surface area contributed by atoms with Gasteiger partial charge in [-0.3, -0.25) is 4.90 Å². The number of thiazole rings is 1. The average molecular weight is 254 g/mol. The van der Waals surface area contributed by atoms with E-state index < -0.39 is 0 Å². The molecule has 4 heteroatoms. The van der Waals surface area contributed by atoms with Crippen molar-refractivity contribution in [3.63, 3.8) is 0 Å². The minimum absolute atomic E-state index is 0.133. The Labute approximate surface area is 107 Å². The molecule has 1 saturated heterocycles. The van der Waals surface area contributed by atoms with Crippen LogP contribution >= 0.6 is 11.3 Å². The molecule has 0 aromatic carbocycles. The molecule has 1 aliphatic rings. The summed E-state index contributed by atoms with van der Waals surface area (Å²) in [5.41, 5.74) is 0. The van der Waals surface area contributed by atoms with Crippen LogP contribution < -0.4 is 0 Å². The molecule has 1 fully saturated rings. The fraction of sp³-hybridized carbons (Fsp3) is 0.769. The minimum Gasteiger partial charge on any atom is -0.392 e. The van der Waals surface area contributed by atoms with E-state index in [1.807, 2.05) is 17.5 Å². The first-order chi connectivity index (χ1) is 8.13. The summed E-state index contributed by atoms with van der Waals surface area (Å²) >= 11 is 1.82. The first-order valence-electron chi connectivity index (χ1n) is 6.47. The van der Waals surface area contributed by atoms with Crippen LogP contribution in [0.1, 0.15) is 36.6 Å². The molecule has 2 rings (SSSR count). The fourth-order valence-corrected chi connectivity index (χ4v) is 3.44. The number of likely N-dealkylation sites (tertiary alicyclic amines) is 1. The summed E-state index contributed by atoms with van der Waals surface area (Å²) in [4.78, 5) is 8.13. The molecule has 1 atom stereocenters. The van der Waals surface area contributed by atoms with Crippen LogP contribution in [-0.2, 0) is 13.0 Å². The molecule has 0 saturated carbocycles. The molecule has 1 aromatic rings. The number of nitrogens with zero attached hydrogens (tertiary/aromatic N) is 2. The van der Waals surface area contributed by atoms with Gasteiger partial charge in [0.05, 0.1) is 11.1 Å². The van der Waals surface area contributed by atoms with E-state index in [-0.39, 0.29) is 6.10 Å². The molecule has 3 nitrogen and oxygen atoms in total. The van der Waals surface area contributed by atoms with Crippen LogP contribution in [0.5, 0.6) is 0 Å². The summed E-state index contributed by atoms with van der Waals surface area (Å²) in [7, 11) is 0. The van der Waals surface area contributed by atoms with Crippen molar-refractivity contribution in [1.29, 1.82) is 0 Å². The highest BCUT2D eigenvalue weighted by atomic mass is 32.1. The molecule has 0 radical (unpaired) electrons. The summed E-state index contributed by atoms with van der Waals surface area (Å²) < 4.78 is 0. The third kappa shape index (κ3) is 4.05. The zero-order chi connectivity index (χ0) is 12.3. The molecule has 0 bridgehead atoms. The Kier molecular flexibility index (Phi) is 4.54. The molecular weight excluding hydrogens is 232 g/mol. The van der Waals surface area contributed by atoms with Crippen molar-refractivity contribution in [2.75, 3.05) is 13.1 Å². The van der Waals surface area contributed by atoms with Crippen molar-refractivity contribution in [1.82, 2.24) is 9.88 Å². The molecule has 96 valence electrons. The second-order valence-corrected chi connectivity index (χ2v) is 6.55. The normalized spacial score (nSPS) is 22.2. The van der Waals surface area contributed by atoms with Crippen LogP contribution in [0.2, 0.25) is 0 Å². The van der Waals surface area contributed by atoms with Gasteiger partial charge in [-0.05, 0) is 25.3 Å². The number of hydrogen-bond acceptors (Lipinski definition) is 4. The molecule has 17 heavy (non-hydrogen) atoms. The van der Waals surface area contributed by atoms with E-state index in [1.165, 1.54) is 9.88 Å². The number of aromatic nitrogens is 1. The molecule has 2 heterocycles. The predicted octanol–water partition coefficient (Wildman–Crippen LogP) is 2.30. The highest BCUT2D eigenvalue weighted by Gasteiger charge is 2.18. The lowest BCUT2D eigenvalue weighted by molar-refractivity contribution is 0.0673. The van der Waals surface area contributed by atoms with Crippen molar-refractivity contribution in [2.45, 2.75) is 45.8 Å². The average Bonchev–Trinajstić information content (AvgIpc) is 2.64. The van der Waals surface area contributed by atoms with Crippen molar-refractivity contribution >= 4 is 11.3 Å². The van der Waals surface area contributed by atoms with Gasteiger partial charge in [-0.15, -0.1) is 11.3 Å². The predicted molar refractivity (Wildman–Crippen MR) is 71.2 cm³/mol. The lowest BCUT2D eigenvalue weighted by Gasteiger charge is -2.29. The van der Waals surface area contributed by atoms with Gasteiger partial charge in [0.15, 0.2) is 0 Å². The van der Waals surface area contributed by atoms with E-state index in [1.54, 1.807) is 0 Å². The Bertz CT molecular complexity index is 351. The third-order valence-corrected chi connectivity index (χ3v) is 4.05. The van der Waals surface area contributed by atoms with E-state index in [4.69, 9.17) is 0 Å². The van der Waals surface area contributed by atoms with Gasteiger partial charge in [0.2, 0.25) is 0 Å². The second kappa shape index (κ2) is 5.94. The second-order valence-electron chi connectivity index (χ2n) is 5.35. The lowest BCUT2D eigenvalue weighted by atomic mass is 10.1. The van der Waals surface area contributed by atoms with Gasteiger partial charge < -0.3 is 5.11 Å². The highest BCUT2D eigenvalue weighted by molar-refractivity contribution is 7.11. The number of aliphatic hydroxyl groups excluding tert-OH is 1. The topological polar surface area (TPSA) is 36.4 Å². The van der Waals surface area contributed by atoms with Crippen LogP contribution in [0, 0.1) is 5.92 Å². The fourth-order valence-electron chi connectivity index (χ4n) is 2.26. The van der Waals surface area contributed by atoms with Crippen LogP contribution in [-0.4, -0.2) is 34.2 Å². The van der Waals surface area contributed by atoms with Crippen LogP contribution in [0.15, 0.2) is 6.20 Å². The van der Waals surface area contributed by atoms with E-state index in [0.717, 1.165) is 38.9 Å². The van der Waals surface area contributed by atoms with E-state index in [2.05, 4.69) is 23.7 Å². The van der Waals surface area contributed by atoms with Gasteiger partial charge in [-0.25, -0.2) is 4.98 Å². The van der Waals surface area contributed by atoms with Crippen LogP contribution in [0.3, 0.4) is 0 Å². The molecular formula is C13H22N2OS. The third-order valence-electron chi connectivity index (χ3n) is 3.04. The Morgan fingerprint density at radius 3 is 3.12 bits per heavy atom. The van der Waals surface area contributed by atoms with E-state index in [9.17, 15) is 5.11 Å².